The summed E-state index contributed by atoms with van der Waals surface area (Å²) in [5.74, 6) is 0. The summed E-state index contributed by atoms with van der Waals surface area (Å²) in [5.41, 5.74) is 9.27. The third kappa shape index (κ3) is 2.85. The zero-order valence-corrected chi connectivity index (χ0v) is 12.7. The number of hydrogen-bond donors (Lipinski definition) is 1. The summed E-state index contributed by atoms with van der Waals surface area (Å²) in [6.45, 7) is 3.03. The lowest BCUT2D eigenvalue weighted by molar-refractivity contribution is 0.0282. The standard InChI is InChI=1S/C17H28N2/c1-4-6-14-7-9-15(10-8-14)16(19(2)3)17(13-18)11-5-12-17/h7-10,16H,4-6,11-13,18H2,1-3H3. The van der Waals surface area contributed by atoms with Crippen LogP contribution in [0, 0.1) is 5.41 Å². The van der Waals surface area contributed by atoms with Crippen molar-refractivity contribution >= 4 is 0 Å². The van der Waals surface area contributed by atoms with E-state index in [1.165, 1.54) is 43.2 Å². The van der Waals surface area contributed by atoms with Crippen LogP contribution in [0.2, 0.25) is 0 Å². The summed E-state index contributed by atoms with van der Waals surface area (Å²) in [5, 5.41) is 0. The molecule has 0 spiro atoms. The average molecular weight is 260 g/mol. The smallest absolute Gasteiger partial charge is 0.0410 e. The summed E-state index contributed by atoms with van der Waals surface area (Å²) in [4.78, 5) is 2.35. The molecule has 106 valence electrons. The Hall–Kier alpha value is -0.860. The van der Waals surface area contributed by atoms with Crippen LogP contribution in [0.15, 0.2) is 24.3 Å². The Morgan fingerprint density at radius 2 is 1.84 bits per heavy atom. The maximum absolute atomic E-state index is 6.10. The monoisotopic (exact) mass is 260 g/mol. The van der Waals surface area contributed by atoms with E-state index in [0.717, 1.165) is 6.54 Å². The first-order chi connectivity index (χ1) is 9.13. The van der Waals surface area contributed by atoms with Crippen molar-refractivity contribution in [3.05, 3.63) is 35.4 Å². The normalized spacial score (nSPS) is 19.2. The van der Waals surface area contributed by atoms with Crippen LogP contribution in [0.4, 0.5) is 0 Å². The predicted octanol–water partition coefficient (Wildman–Crippen LogP) is 3.37. The van der Waals surface area contributed by atoms with Gasteiger partial charge in [-0.1, -0.05) is 44.0 Å². The molecule has 2 N–H and O–H groups in total. The minimum atomic E-state index is 0.301. The van der Waals surface area contributed by atoms with Gasteiger partial charge in [0, 0.05) is 11.5 Å². The third-order valence-electron chi connectivity index (χ3n) is 4.69. The van der Waals surface area contributed by atoms with Gasteiger partial charge in [0.1, 0.15) is 0 Å². The van der Waals surface area contributed by atoms with E-state index >= 15 is 0 Å². The number of rotatable bonds is 6. The lowest BCUT2D eigenvalue weighted by Gasteiger charge is -2.50. The first-order valence-corrected chi connectivity index (χ1v) is 7.58. The number of aryl methyl sites for hydroxylation is 1. The molecule has 0 radical (unpaired) electrons. The molecule has 1 aliphatic rings. The first-order valence-electron chi connectivity index (χ1n) is 7.58. The Labute approximate surface area is 118 Å². The minimum Gasteiger partial charge on any atom is -0.330 e. The second-order valence-electron chi connectivity index (χ2n) is 6.28. The van der Waals surface area contributed by atoms with Gasteiger partial charge in [0.05, 0.1) is 0 Å². The van der Waals surface area contributed by atoms with Crippen molar-refractivity contribution < 1.29 is 0 Å². The molecule has 0 bridgehead atoms. The van der Waals surface area contributed by atoms with Crippen LogP contribution in [-0.2, 0) is 6.42 Å². The van der Waals surface area contributed by atoms with Gasteiger partial charge in [-0.2, -0.15) is 0 Å². The quantitative estimate of drug-likeness (QED) is 0.849. The third-order valence-corrected chi connectivity index (χ3v) is 4.69. The lowest BCUT2D eigenvalue weighted by atomic mass is 9.62. The van der Waals surface area contributed by atoms with E-state index in [4.69, 9.17) is 5.73 Å². The van der Waals surface area contributed by atoms with Gasteiger partial charge in [0.25, 0.3) is 0 Å². The highest BCUT2D eigenvalue weighted by molar-refractivity contribution is 5.27. The molecular formula is C17H28N2. The van der Waals surface area contributed by atoms with Crippen LogP contribution < -0.4 is 5.73 Å². The summed E-state index contributed by atoms with van der Waals surface area (Å²) in [6.07, 6.45) is 6.25. The van der Waals surface area contributed by atoms with E-state index in [1.54, 1.807) is 0 Å². The molecule has 19 heavy (non-hydrogen) atoms. The topological polar surface area (TPSA) is 29.3 Å². The molecule has 1 fully saturated rings. The van der Waals surface area contributed by atoms with Crippen molar-refractivity contribution in [2.45, 2.75) is 45.1 Å². The molecule has 0 aromatic heterocycles. The lowest BCUT2D eigenvalue weighted by Crippen LogP contribution is -2.47. The Kier molecular flexibility index (Phi) is 4.64. The summed E-state index contributed by atoms with van der Waals surface area (Å²) >= 11 is 0. The van der Waals surface area contributed by atoms with Crippen molar-refractivity contribution in [1.82, 2.24) is 4.90 Å². The van der Waals surface area contributed by atoms with Crippen LogP contribution in [0.3, 0.4) is 0 Å². The fourth-order valence-electron chi connectivity index (χ4n) is 3.57. The highest BCUT2D eigenvalue weighted by Gasteiger charge is 2.44. The van der Waals surface area contributed by atoms with Crippen LogP contribution in [0.5, 0.6) is 0 Å². The maximum Gasteiger partial charge on any atom is 0.0410 e. The van der Waals surface area contributed by atoms with Gasteiger partial charge in [-0.3, -0.25) is 0 Å². The Balaban J connectivity index is 2.24. The molecule has 2 heteroatoms. The molecule has 0 heterocycles. The van der Waals surface area contributed by atoms with Gasteiger partial charge in [-0.15, -0.1) is 0 Å². The number of benzene rings is 1. The molecule has 0 amide bonds. The Morgan fingerprint density at radius 3 is 2.21 bits per heavy atom. The molecule has 2 nitrogen and oxygen atoms in total. The summed E-state index contributed by atoms with van der Waals surface area (Å²) in [7, 11) is 4.36. The van der Waals surface area contributed by atoms with Crippen molar-refractivity contribution in [2.75, 3.05) is 20.6 Å². The van der Waals surface area contributed by atoms with Gasteiger partial charge >= 0.3 is 0 Å². The Bertz CT molecular complexity index is 385. The van der Waals surface area contributed by atoms with Gasteiger partial charge in [-0.25, -0.2) is 0 Å². The molecule has 1 aromatic carbocycles. The van der Waals surface area contributed by atoms with Crippen molar-refractivity contribution in [2.24, 2.45) is 11.1 Å². The van der Waals surface area contributed by atoms with Gasteiger partial charge in [-0.05, 0) is 51.0 Å². The van der Waals surface area contributed by atoms with E-state index < -0.39 is 0 Å². The van der Waals surface area contributed by atoms with Crippen LogP contribution in [-0.4, -0.2) is 25.5 Å². The van der Waals surface area contributed by atoms with E-state index in [0.29, 0.717) is 11.5 Å². The molecule has 1 unspecified atom stereocenters. The largest absolute Gasteiger partial charge is 0.330 e. The molecular weight excluding hydrogens is 232 g/mol. The summed E-state index contributed by atoms with van der Waals surface area (Å²) < 4.78 is 0. The van der Waals surface area contributed by atoms with Crippen LogP contribution in [0.25, 0.3) is 0 Å². The molecule has 1 saturated carbocycles. The maximum atomic E-state index is 6.10. The first kappa shape index (κ1) is 14.5. The van der Waals surface area contributed by atoms with Gasteiger partial charge in [0.2, 0.25) is 0 Å². The van der Waals surface area contributed by atoms with Crippen LogP contribution >= 0.6 is 0 Å². The molecule has 0 aliphatic heterocycles. The molecule has 2 rings (SSSR count). The van der Waals surface area contributed by atoms with E-state index in [2.05, 4.69) is 50.2 Å². The van der Waals surface area contributed by atoms with Crippen molar-refractivity contribution in [1.29, 1.82) is 0 Å². The highest BCUT2D eigenvalue weighted by atomic mass is 15.1. The van der Waals surface area contributed by atoms with Crippen molar-refractivity contribution in [3.63, 3.8) is 0 Å². The second kappa shape index (κ2) is 6.06. The van der Waals surface area contributed by atoms with E-state index in [1.807, 2.05) is 0 Å². The van der Waals surface area contributed by atoms with Crippen molar-refractivity contribution in [3.8, 4) is 0 Å². The zero-order valence-electron chi connectivity index (χ0n) is 12.7. The van der Waals surface area contributed by atoms with Gasteiger partial charge in [0.15, 0.2) is 0 Å². The number of hydrogen-bond acceptors (Lipinski definition) is 2. The fraction of sp³-hybridized carbons (Fsp3) is 0.647. The zero-order chi connectivity index (χ0) is 13.9. The van der Waals surface area contributed by atoms with E-state index in [9.17, 15) is 0 Å². The van der Waals surface area contributed by atoms with Crippen LogP contribution in [0.1, 0.15) is 49.8 Å². The molecule has 1 aliphatic carbocycles. The number of nitrogens with two attached hydrogens (primary N) is 1. The van der Waals surface area contributed by atoms with E-state index in [-0.39, 0.29) is 0 Å². The fourth-order valence-corrected chi connectivity index (χ4v) is 3.57. The molecule has 0 saturated heterocycles. The van der Waals surface area contributed by atoms with Gasteiger partial charge < -0.3 is 10.6 Å². The SMILES string of the molecule is CCCc1ccc(C(N(C)C)C2(CN)CCC2)cc1. The molecule has 1 aromatic rings. The number of nitrogens with zero attached hydrogens (tertiary/aromatic N) is 1. The Morgan fingerprint density at radius 1 is 1.21 bits per heavy atom. The predicted molar refractivity (Wildman–Crippen MR) is 82.2 cm³/mol. The second-order valence-corrected chi connectivity index (χ2v) is 6.28. The minimum absolute atomic E-state index is 0.301. The summed E-state index contributed by atoms with van der Waals surface area (Å²) in [6, 6.07) is 9.66. The molecule has 1 atom stereocenters. The average Bonchev–Trinajstić information content (AvgIpc) is 2.35. The highest BCUT2D eigenvalue weighted by Crippen LogP contribution is 2.51.